The first-order valence-corrected chi connectivity index (χ1v) is 8.60. The van der Waals surface area contributed by atoms with Crippen LogP contribution in [0.1, 0.15) is 37.7 Å². The molecule has 0 spiro atoms. The van der Waals surface area contributed by atoms with Crippen LogP contribution in [-0.4, -0.2) is 14.5 Å². The molecule has 0 amide bonds. The number of hydrogen-bond acceptors (Lipinski definition) is 3. The van der Waals surface area contributed by atoms with Crippen LogP contribution in [0.15, 0.2) is 23.1 Å². The standard InChI is InChI=1S/C15H19FN2O2S/c1-11-9-13(16)7-8-15(11)21(19,20)18-14(10-17)12-5-3-2-4-6-12/h7-9,12,14,18H,2-6H2,1H3. The molecule has 1 N–H and O–H groups in total. The van der Waals surface area contributed by atoms with E-state index in [1.807, 2.05) is 0 Å². The van der Waals surface area contributed by atoms with Crippen molar-refractivity contribution in [2.75, 3.05) is 0 Å². The highest BCUT2D eigenvalue weighted by Gasteiger charge is 2.29. The first kappa shape index (κ1) is 15.9. The highest BCUT2D eigenvalue weighted by Crippen LogP contribution is 2.27. The molecule has 1 aromatic carbocycles. The van der Waals surface area contributed by atoms with Crippen LogP contribution in [0.25, 0.3) is 0 Å². The van der Waals surface area contributed by atoms with Gasteiger partial charge in [0.25, 0.3) is 0 Å². The minimum absolute atomic E-state index is 0.0277. The second-order valence-corrected chi connectivity index (χ2v) is 7.22. The summed E-state index contributed by atoms with van der Waals surface area (Å²) in [6.45, 7) is 1.54. The van der Waals surface area contributed by atoms with E-state index >= 15 is 0 Å². The van der Waals surface area contributed by atoms with E-state index in [4.69, 9.17) is 0 Å². The van der Waals surface area contributed by atoms with Gasteiger partial charge in [-0.1, -0.05) is 19.3 Å². The summed E-state index contributed by atoms with van der Waals surface area (Å²) in [5.74, 6) is -0.421. The molecule has 1 fully saturated rings. The zero-order valence-electron chi connectivity index (χ0n) is 12.0. The predicted octanol–water partition coefficient (Wildman–Crippen LogP) is 2.88. The van der Waals surface area contributed by atoms with E-state index in [9.17, 15) is 18.1 Å². The summed E-state index contributed by atoms with van der Waals surface area (Å²) in [6, 6.07) is 4.87. The third kappa shape index (κ3) is 3.80. The Morgan fingerprint density at radius 2 is 2.00 bits per heavy atom. The molecule has 1 atom stereocenters. The summed E-state index contributed by atoms with van der Waals surface area (Å²) < 4.78 is 40.3. The Morgan fingerprint density at radius 3 is 2.57 bits per heavy atom. The van der Waals surface area contributed by atoms with Gasteiger partial charge in [-0.05, 0) is 49.4 Å². The zero-order valence-corrected chi connectivity index (χ0v) is 12.8. The van der Waals surface area contributed by atoms with Gasteiger partial charge in [0, 0.05) is 0 Å². The average molecular weight is 310 g/mol. The number of nitriles is 1. The maximum atomic E-state index is 13.1. The van der Waals surface area contributed by atoms with Crippen molar-refractivity contribution in [3.8, 4) is 6.07 Å². The van der Waals surface area contributed by atoms with Crippen LogP contribution in [0, 0.1) is 30.0 Å². The molecule has 0 aromatic heterocycles. The average Bonchev–Trinajstić information content (AvgIpc) is 2.45. The van der Waals surface area contributed by atoms with Crippen molar-refractivity contribution in [1.29, 1.82) is 5.26 Å². The maximum absolute atomic E-state index is 13.1. The van der Waals surface area contributed by atoms with Crippen LogP contribution in [0.4, 0.5) is 4.39 Å². The number of benzene rings is 1. The predicted molar refractivity (Wildman–Crippen MR) is 77.4 cm³/mol. The Kier molecular flexibility index (Phi) is 4.96. The van der Waals surface area contributed by atoms with E-state index in [-0.39, 0.29) is 10.8 Å². The summed E-state index contributed by atoms with van der Waals surface area (Å²) >= 11 is 0. The quantitative estimate of drug-likeness (QED) is 0.929. The molecule has 0 heterocycles. The lowest BCUT2D eigenvalue weighted by molar-refractivity contribution is 0.324. The van der Waals surface area contributed by atoms with Gasteiger partial charge in [0.15, 0.2) is 0 Å². The number of sulfonamides is 1. The lowest BCUT2D eigenvalue weighted by Gasteiger charge is -2.26. The molecular weight excluding hydrogens is 291 g/mol. The first-order chi connectivity index (χ1) is 9.94. The lowest BCUT2D eigenvalue weighted by Crippen LogP contribution is -2.40. The van der Waals surface area contributed by atoms with Gasteiger partial charge in [0.2, 0.25) is 10.0 Å². The van der Waals surface area contributed by atoms with Crippen molar-refractivity contribution in [2.24, 2.45) is 5.92 Å². The van der Waals surface area contributed by atoms with E-state index < -0.39 is 21.9 Å². The Labute approximate surface area is 125 Å². The molecule has 4 nitrogen and oxygen atoms in total. The summed E-state index contributed by atoms with van der Waals surface area (Å²) in [5.41, 5.74) is 0.336. The molecule has 114 valence electrons. The maximum Gasteiger partial charge on any atom is 0.242 e. The SMILES string of the molecule is Cc1cc(F)ccc1S(=O)(=O)NC(C#N)C1CCCCC1. The minimum Gasteiger partial charge on any atom is -0.207 e. The molecule has 0 bridgehead atoms. The molecule has 1 aliphatic carbocycles. The fourth-order valence-electron chi connectivity index (χ4n) is 2.84. The minimum atomic E-state index is -3.81. The number of nitrogens with one attached hydrogen (secondary N) is 1. The van der Waals surface area contributed by atoms with E-state index in [1.165, 1.54) is 12.1 Å². The Hall–Kier alpha value is -1.45. The lowest BCUT2D eigenvalue weighted by atomic mass is 9.85. The van der Waals surface area contributed by atoms with Crippen LogP contribution in [0.3, 0.4) is 0 Å². The van der Waals surface area contributed by atoms with Crippen LogP contribution >= 0.6 is 0 Å². The molecule has 0 radical (unpaired) electrons. The van der Waals surface area contributed by atoms with Crippen molar-refractivity contribution >= 4 is 10.0 Å². The van der Waals surface area contributed by atoms with Gasteiger partial charge in [0.05, 0.1) is 11.0 Å². The van der Waals surface area contributed by atoms with Gasteiger partial charge in [-0.15, -0.1) is 0 Å². The summed E-state index contributed by atoms with van der Waals surface area (Å²) in [4.78, 5) is 0.0277. The molecule has 21 heavy (non-hydrogen) atoms. The molecule has 2 rings (SSSR count). The highest BCUT2D eigenvalue weighted by atomic mass is 32.2. The van der Waals surface area contributed by atoms with Gasteiger partial charge in [-0.2, -0.15) is 9.98 Å². The Bertz CT molecular complexity index is 646. The van der Waals surface area contributed by atoms with Gasteiger partial charge < -0.3 is 0 Å². The Balaban J connectivity index is 2.21. The van der Waals surface area contributed by atoms with E-state index in [1.54, 1.807) is 6.92 Å². The third-order valence-electron chi connectivity index (χ3n) is 3.97. The third-order valence-corrected chi connectivity index (χ3v) is 5.57. The number of halogens is 1. The molecule has 0 aliphatic heterocycles. The van der Waals surface area contributed by atoms with Crippen LogP contribution in [-0.2, 0) is 10.0 Å². The smallest absolute Gasteiger partial charge is 0.207 e. The second-order valence-electron chi connectivity index (χ2n) is 5.54. The molecule has 1 aliphatic rings. The summed E-state index contributed by atoms with van der Waals surface area (Å²) in [6.07, 6.45) is 4.92. The fourth-order valence-corrected chi connectivity index (χ4v) is 4.28. The fraction of sp³-hybridized carbons (Fsp3) is 0.533. The monoisotopic (exact) mass is 310 g/mol. The number of nitrogens with zero attached hydrogens (tertiary/aromatic N) is 1. The normalized spacial score (nSPS) is 18.1. The first-order valence-electron chi connectivity index (χ1n) is 7.12. The molecule has 6 heteroatoms. The van der Waals surface area contributed by atoms with Crippen molar-refractivity contribution in [3.63, 3.8) is 0 Å². The summed E-state index contributed by atoms with van der Waals surface area (Å²) in [7, 11) is -3.81. The molecule has 1 saturated carbocycles. The van der Waals surface area contributed by atoms with Gasteiger partial charge >= 0.3 is 0 Å². The van der Waals surface area contributed by atoms with Crippen LogP contribution in [0.2, 0.25) is 0 Å². The largest absolute Gasteiger partial charge is 0.242 e. The molecular formula is C15H19FN2O2S. The van der Waals surface area contributed by atoms with E-state index in [2.05, 4.69) is 10.8 Å². The van der Waals surface area contributed by atoms with Crippen molar-refractivity contribution in [2.45, 2.75) is 50.0 Å². The topological polar surface area (TPSA) is 70.0 Å². The second kappa shape index (κ2) is 6.54. The van der Waals surface area contributed by atoms with E-state index in [0.717, 1.165) is 38.2 Å². The van der Waals surface area contributed by atoms with Gasteiger partial charge in [0.1, 0.15) is 11.9 Å². The van der Waals surface area contributed by atoms with Gasteiger partial charge in [-0.25, -0.2) is 12.8 Å². The number of hydrogen-bond donors (Lipinski definition) is 1. The van der Waals surface area contributed by atoms with Gasteiger partial charge in [-0.3, -0.25) is 0 Å². The summed E-state index contributed by atoms with van der Waals surface area (Å²) in [5, 5.41) is 9.26. The van der Waals surface area contributed by atoms with Crippen molar-refractivity contribution < 1.29 is 12.8 Å². The van der Waals surface area contributed by atoms with Crippen molar-refractivity contribution in [3.05, 3.63) is 29.6 Å². The number of aryl methyl sites for hydroxylation is 1. The zero-order chi connectivity index (χ0) is 15.5. The molecule has 1 unspecified atom stereocenters. The van der Waals surface area contributed by atoms with E-state index in [0.29, 0.717) is 5.56 Å². The molecule has 1 aromatic rings. The highest BCUT2D eigenvalue weighted by molar-refractivity contribution is 7.89. The van der Waals surface area contributed by atoms with Crippen molar-refractivity contribution in [1.82, 2.24) is 4.72 Å². The number of rotatable bonds is 4. The van der Waals surface area contributed by atoms with Crippen LogP contribution < -0.4 is 4.72 Å². The van der Waals surface area contributed by atoms with Crippen LogP contribution in [0.5, 0.6) is 0 Å². The molecule has 0 saturated heterocycles. The Morgan fingerprint density at radius 1 is 1.33 bits per heavy atom.